The van der Waals surface area contributed by atoms with Crippen LogP contribution in [-0.2, 0) is 11.2 Å². The van der Waals surface area contributed by atoms with Crippen LogP contribution in [0.1, 0.15) is 44.6 Å². The van der Waals surface area contributed by atoms with Crippen LogP contribution in [-0.4, -0.2) is 18.6 Å². The molecule has 5 heteroatoms. The number of alkyl halides is 2. The average Bonchev–Trinajstić information content (AvgIpc) is 2.48. The largest absolute Gasteiger partial charge is 0.435 e. The number of hydrogen-bond acceptors (Lipinski definition) is 2. The van der Waals surface area contributed by atoms with Gasteiger partial charge in [0.25, 0.3) is 0 Å². The number of halogens is 2. The summed E-state index contributed by atoms with van der Waals surface area (Å²) < 4.78 is 28.4. The number of amides is 1. The third kappa shape index (κ3) is 5.28. The van der Waals surface area contributed by atoms with Crippen LogP contribution in [0.15, 0.2) is 24.3 Å². The summed E-state index contributed by atoms with van der Waals surface area (Å²) >= 11 is 0. The number of hydrogen-bond donors (Lipinski definition) is 1. The number of rotatable bonds is 6. The maximum absolute atomic E-state index is 12.1. The van der Waals surface area contributed by atoms with Gasteiger partial charge >= 0.3 is 6.61 Å². The predicted octanol–water partition coefficient (Wildman–Crippen LogP) is 3.92. The van der Waals surface area contributed by atoms with Gasteiger partial charge in [0.05, 0.1) is 0 Å². The van der Waals surface area contributed by atoms with Gasteiger partial charge in [0.2, 0.25) is 5.91 Å². The monoisotopic (exact) mass is 311 g/mol. The number of carbonyl (C=O) groups excluding carboxylic acids is 1. The average molecular weight is 311 g/mol. The highest BCUT2D eigenvalue weighted by Gasteiger charge is 2.22. The predicted molar refractivity (Wildman–Crippen MR) is 81.0 cm³/mol. The van der Waals surface area contributed by atoms with E-state index in [1.807, 2.05) is 0 Å². The van der Waals surface area contributed by atoms with E-state index >= 15 is 0 Å². The van der Waals surface area contributed by atoms with Gasteiger partial charge in [-0.15, -0.1) is 0 Å². The first-order valence-electron chi connectivity index (χ1n) is 7.87. The van der Waals surface area contributed by atoms with Crippen molar-refractivity contribution in [1.82, 2.24) is 5.32 Å². The second-order valence-electron chi connectivity index (χ2n) is 5.96. The first kappa shape index (κ1) is 16.7. The summed E-state index contributed by atoms with van der Waals surface area (Å²) in [6.45, 7) is -0.625. The molecule has 0 aliphatic heterocycles. The molecule has 1 aromatic rings. The minimum Gasteiger partial charge on any atom is -0.435 e. The first-order chi connectivity index (χ1) is 10.5. The Morgan fingerprint density at radius 2 is 1.95 bits per heavy atom. The Kier molecular flexibility index (Phi) is 6.16. The fourth-order valence-corrected chi connectivity index (χ4v) is 2.91. The molecule has 1 saturated carbocycles. The van der Waals surface area contributed by atoms with E-state index in [9.17, 15) is 13.6 Å². The Balaban J connectivity index is 1.76. The number of nitrogens with one attached hydrogen (secondary N) is 1. The molecule has 0 radical (unpaired) electrons. The highest BCUT2D eigenvalue weighted by Crippen LogP contribution is 2.23. The fourth-order valence-electron chi connectivity index (χ4n) is 2.91. The Morgan fingerprint density at radius 3 is 2.59 bits per heavy atom. The van der Waals surface area contributed by atoms with Crippen molar-refractivity contribution in [2.45, 2.75) is 58.1 Å². The Hall–Kier alpha value is -1.65. The van der Waals surface area contributed by atoms with Crippen LogP contribution in [0.5, 0.6) is 5.75 Å². The van der Waals surface area contributed by atoms with Crippen molar-refractivity contribution in [1.29, 1.82) is 0 Å². The lowest BCUT2D eigenvalue weighted by Gasteiger charge is -2.29. The number of aryl methyl sites for hydroxylation is 1. The molecule has 3 nitrogen and oxygen atoms in total. The third-order valence-electron chi connectivity index (χ3n) is 4.25. The molecule has 1 aliphatic rings. The fraction of sp³-hybridized carbons (Fsp3) is 0.588. The molecule has 0 bridgehead atoms. The van der Waals surface area contributed by atoms with Crippen molar-refractivity contribution in [2.24, 2.45) is 5.92 Å². The van der Waals surface area contributed by atoms with Crippen LogP contribution in [0, 0.1) is 5.92 Å². The zero-order chi connectivity index (χ0) is 15.9. The molecule has 1 aromatic carbocycles. The van der Waals surface area contributed by atoms with Gasteiger partial charge in [-0.05, 0) is 42.9 Å². The maximum atomic E-state index is 12.1. The topological polar surface area (TPSA) is 38.3 Å². The van der Waals surface area contributed by atoms with E-state index in [1.54, 1.807) is 12.1 Å². The van der Waals surface area contributed by atoms with Gasteiger partial charge in [-0.3, -0.25) is 4.79 Å². The molecule has 2 rings (SSSR count). The Bertz CT molecular complexity index is 476. The van der Waals surface area contributed by atoms with Crippen LogP contribution in [0.25, 0.3) is 0 Å². The Labute approximate surface area is 130 Å². The van der Waals surface area contributed by atoms with E-state index in [-0.39, 0.29) is 11.7 Å². The molecule has 1 aliphatic carbocycles. The van der Waals surface area contributed by atoms with Crippen molar-refractivity contribution >= 4 is 5.91 Å². The summed E-state index contributed by atoms with van der Waals surface area (Å²) in [7, 11) is 0. The molecular formula is C17H23F2NO2. The molecule has 22 heavy (non-hydrogen) atoms. The van der Waals surface area contributed by atoms with Crippen molar-refractivity contribution in [3.8, 4) is 5.75 Å². The minimum absolute atomic E-state index is 0.0617. The first-order valence-corrected chi connectivity index (χ1v) is 7.87. The normalized spacial score (nSPS) is 21.6. The lowest BCUT2D eigenvalue weighted by Crippen LogP contribution is -2.41. The van der Waals surface area contributed by atoms with E-state index < -0.39 is 6.61 Å². The summed E-state index contributed by atoms with van der Waals surface area (Å²) in [4.78, 5) is 12.0. The third-order valence-corrected chi connectivity index (χ3v) is 4.25. The molecule has 0 saturated heterocycles. The van der Waals surface area contributed by atoms with E-state index in [2.05, 4.69) is 17.0 Å². The quantitative estimate of drug-likeness (QED) is 0.865. The summed E-state index contributed by atoms with van der Waals surface area (Å²) in [5.74, 6) is 0.745. The maximum Gasteiger partial charge on any atom is 0.387 e. The van der Waals surface area contributed by atoms with Gasteiger partial charge in [0.15, 0.2) is 0 Å². The van der Waals surface area contributed by atoms with Crippen molar-refractivity contribution in [3.05, 3.63) is 29.8 Å². The Morgan fingerprint density at radius 1 is 1.27 bits per heavy atom. The van der Waals surface area contributed by atoms with Gasteiger partial charge in [-0.25, -0.2) is 0 Å². The lowest BCUT2D eigenvalue weighted by molar-refractivity contribution is -0.122. The summed E-state index contributed by atoms with van der Waals surface area (Å²) in [6, 6.07) is 6.73. The van der Waals surface area contributed by atoms with Gasteiger partial charge in [0, 0.05) is 12.5 Å². The molecule has 0 heterocycles. The van der Waals surface area contributed by atoms with E-state index in [0.717, 1.165) is 12.0 Å². The molecule has 1 N–H and O–H groups in total. The molecule has 2 atom stereocenters. The van der Waals surface area contributed by atoms with Crippen LogP contribution < -0.4 is 10.1 Å². The summed E-state index contributed by atoms with van der Waals surface area (Å²) in [5, 5.41) is 3.11. The van der Waals surface area contributed by atoms with E-state index in [4.69, 9.17) is 0 Å². The van der Waals surface area contributed by atoms with Gasteiger partial charge in [0.1, 0.15) is 5.75 Å². The highest BCUT2D eigenvalue weighted by molar-refractivity contribution is 5.76. The van der Waals surface area contributed by atoms with Crippen LogP contribution in [0.4, 0.5) is 8.78 Å². The highest BCUT2D eigenvalue weighted by atomic mass is 19.3. The zero-order valence-electron chi connectivity index (χ0n) is 12.9. The number of carbonyl (C=O) groups is 1. The van der Waals surface area contributed by atoms with E-state index in [0.29, 0.717) is 24.8 Å². The van der Waals surface area contributed by atoms with Crippen molar-refractivity contribution < 1.29 is 18.3 Å². The number of benzene rings is 1. The van der Waals surface area contributed by atoms with Gasteiger partial charge < -0.3 is 10.1 Å². The van der Waals surface area contributed by atoms with Crippen LogP contribution in [0.2, 0.25) is 0 Å². The molecule has 1 amide bonds. The molecule has 0 aromatic heterocycles. The standard InChI is InChI=1S/C17H23F2NO2/c1-12-4-2-3-5-15(12)20-16(21)11-8-13-6-9-14(10-7-13)22-17(18)19/h6-7,9-10,12,15,17H,2-5,8,11H2,1H3,(H,20,21). The van der Waals surface area contributed by atoms with Crippen LogP contribution in [0.3, 0.4) is 0 Å². The van der Waals surface area contributed by atoms with E-state index in [1.165, 1.54) is 31.4 Å². The second kappa shape index (κ2) is 8.11. The molecule has 0 spiro atoms. The molecular weight excluding hydrogens is 288 g/mol. The van der Waals surface area contributed by atoms with Gasteiger partial charge in [-0.1, -0.05) is 31.9 Å². The summed E-state index contributed by atoms with van der Waals surface area (Å²) in [5.41, 5.74) is 0.938. The smallest absolute Gasteiger partial charge is 0.387 e. The lowest BCUT2D eigenvalue weighted by atomic mass is 9.86. The second-order valence-corrected chi connectivity index (χ2v) is 5.96. The summed E-state index contributed by atoms with van der Waals surface area (Å²) in [6.07, 6.45) is 5.69. The van der Waals surface area contributed by atoms with Gasteiger partial charge in [-0.2, -0.15) is 8.78 Å². The van der Waals surface area contributed by atoms with Crippen molar-refractivity contribution in [3.63, 3.8) is 0 Å². The SMILES string of the molecule is CC1CCCCC1NC(=O)CCc1ccc(OC(F)F)cc1. The number of ether oxygens (including phenoxy) is 1. The molecule has 2 unspecified atom stereocenters. The molecule has 122 valence electrons. The van der Waals surface area contributed by atoms with Crippen molar-refractivity contribution in [2.75, 3.05) is 0 Å². The molecule has 1 fully saturated rings. The minimum atomic E-state index is -2.81. The van der Waals surface area contributed by atoms with Crippen LogP contribution >= 0.6 is 0 Å². The zero-order valence-corrected chi connectivity index (χ0v) is 12.9.